The van der Waals surface area contributed by atoms with Crippen molar-refractivity contribution < 1.29 is 9.53 Å². The summed E-state index contributed by atoms with van der Waals surface area (Å²) < 4.78 is 5.28. The average molecular weight is 219 g/mol. The molecule has 86 valence electrons. The van der Waals surface area contributed by atoms with E-state index in [2.05, 4.69) is 30.9 Å². The fourth-order valence-electron chi connectivity index (χ4n) is 2.10. The first-order valence-corrected chi connectivity index (χ1v) is 5.78. The molecule has 1 aliphatic carbocycles. The Kier molecular flexibility index (Phi) is 3.13. The van der Waals surface area contributed by atoms with E-state index in [0.717, 1.165) is 18.8 Å². The van der Waals surface area contributed by atoms with Crippen LogP contribution in [0.1, 0.15) is 13.8 Å². The van der Waals surface area contributed by atoms with E-state index in [1.807, 2.05) is 12.2 Å². The largest absolute Gasteiger partial charge is 0.454 e. The molecule has 1 aliphatic heterocycles. The van der Waals surface area contributed by atoms with Gasteiger partial charge in [-0.1, -0.05) is 12.2 Å². The van der Waals surface area contributed by atoms with Crippen molar-refractivity contribution in [3.8, 4) is 0 Å². The van der Waals surface area contributed by atoms with Crippen molar-refractivity contribution in [3.63, 3.8) is 0 Å². The van der Waals surface area contributed by atoms with Gasteiger partial charge in [-0.15, -0.1) is 0 Å². The van der Waals surface area contributed by atoms with Crippen LogP contribution in [0.4, 0.5) is 0 Å². The Hall–Kier alpha value is -1.51. The lowest BCUT2D eigenvalue weighted by Crippen LogP contribution is -2.31. The van der Waals surface area contributed by atoms with Crippen LogP contribution in [0.25, 0.3) is 0 Å². The van der Waals surface area contributed by atoms with E-state index in [-0.39, 0.29) is 18.0 Å². The fraction of sp³-hybridized carbons (Fsp3) is 0.462. The molecule has 0 aromatic heterocycles. The number of rotatable bonds is 3. The first-order valence-electron chi connectivity index (χ1n) is 5.78. The van der Waals surface area contributed by atoms with Gasteiger partial charge in [0.2, 0.25) is 0 Å². The lowest BCUT2D eigenvalue weighted by atomic mass is 9.93. The summed E-state index contributed by atoms with van der Waals surface area (Å²) in [5.74, 6) is -0.0382. The third kappa shape index (κ3) is 2.03. The molecule has 16 heavy (non-hydrogen) atoms. The Morgan fingerprint density at radius 3 is 2.62 bits per heavy atom. The molecule has 3 heteroatoms. The highest BCUT2D eigenvalue weighted by Crippen LogP contribution is 2.25. The SMILES string of the molecule is CCN(CC)C1=CC2OC(=O)C=CC2C=C1. The summed E-state index contributed by atoms with van der Waals surface area (Å²) in [6.45, 7) is 6.18. The highest BCUT2D eigenvalue weighted by Gasteiger charge is 2.26. The van der Waals surface area contributed by atoms with Gasteiger partial charge in [0, 0.05) is 30.8 Å². The third-order valence-corrected chi connectivity index (χ3v) is 3.04. The molecule has 0 bridgehead atoms. The standard InChI is InChI=1S/C13H17NO2/c1-3-14(4-2)11-7-5-10-6-8-13(15)16-12(10)9-11/h5-10,12H,3-4H2,1-2H3. The summed E-state index contributed by atoms with van der Waals surface area (Å²) in [6.07, 6.45) is 9.53. The first-order chi connectivity index (χ1) is 7.74. The molecule has 0 spiro atoms. The van der Waals surface area contributed by atoms with Crippen LogP contribution in [0.3, 0.4) is 0 Å². The van der Waals surface area contributed by atoms with Crippen LogP contribution in [-0.2, 0) is 9.53 Å². The Morgan fingerprint density at radius 1 is 1.25 bits per heavy atom. The second-order valence-electron chi connectivity index (χ2n) is 3.96. The van der Waals surface area contributed by atoms with E-state index in [1.165, 1.54) is 6.08 Å². The number of ether oxygens (including phenoxy) is 1. The Bertz CT molecular complexity index is 364. The summed E-state index contributed by atoms with van der Waals surface area (Å²) in [5, 5.41) is 0. The van der Waals surface area contributed by atoms with Gasteiger partial charge in [0.05, 0.1) is 0 Å². The third-order valence-electron chi connectivity index (χ3n) is 3.04. The van der Waals surface area contributed by atoms with Crippen LogP contribution in [0.5, 0.6) is 0 Å². The summed E-state index contributed by atoms with van der Waals surface area (Å²) in [4.78, 5) is 13.4. The van der Waals surface area contributed by atoms with Gasteiger partial charge in [-0.3, -0.25) is 0 Å². The molecule has 0 amide bonds. The van der Waals surface area contributed by atoms with Crippen LogP contribution >= 0.6 is 0 Å². The summed E-state index contributed by atoms with van der Waals surface area (Å²) >= 11 is 0. The number of esters is 1. The summed E-state index contributed by atoms with van der Waals surface area (Å²) in [6, 6.07) is 0. The molecular weight excluding hydrogens is 202 g/mol. The smallest absolute Gasteiger partial charge is 0.331 e. The zero-order chi connectivity index (χ0) is 11.5. The number of fused-ring (bicyclic) bond motifs is 1. The maximum atomic E-state index is 11.2. The van der Waals surface area contributed by atoms with E-state index >= 15 is 0 Å². The van der Waals surface area contributed by atoms with E-state index < -0.39 is 0 Å². The lowest BCUT2D eigenvalue weighted by molar-refractivity contribution is -0.143. The molecule has 0 saturated heterocycles. The van der Waals surface area contributed by atoms with E-state index in [0.29, 0.717) is 0 Å². The number of hydrogen-bond donors (Lipinski definition) is 0. The highest BCUT2D eigenvalue weighted by molar-refractivity contribution is 5.83. The minimum Gasteiger partial charge on any atom is -0.454 e. The van der Waals surface area contributed by atoms with Crippen molar-refractivity contribution >= 4 is 5.97 Å². The van der Waals surface area contributed by atoms with Crippen LogP contribution in [-0.4, -0.2) is 30.1 Å². The number of carbonyl (C=O) groups is 1. The molecule has 0 aromatic rings. The maximum Gasteiger partial charge on any atom is 0.331 e. The van der Waals surface area contributed by atoms with Crippen molar-refractivity contribution in [2.45, 2.75) is 20.0 Å². The van der Waals surface area contributed by atoms with Gasteiger partial charge in [0.1, 0.15) is 6.10 Å². The van der Waals surface area contributed by atoms with Gasteiger partial charge >= 0.3 is 5.97 Å². The molecule has 0 N–H and O–H groups in total. The number of hydrogen-bond acceptors (Lipinski definition) is 3. The van der Waals surface area contributed by atoms with Crippen LogP contribution in [0.15, 0.2) is 36.1 Å². The lowest BCUT2D eigenvalue weighted by Gasteiger charge is -2.30. The van der Waals surface area contributed by atoms with Crippen molar-refractivity contribution in [1.82, 2.24) is 4.90 Å². The average Bonchev–Trinajstić information content (AvgIpc) is 2.30. The number of likely N-dealkylation sites (N-methyl/N-ethyl adjacent to an activating group) is 1. The molecule has 2 rings (SSSR count). The molecule has 0 saturated carbocycles. The van der Waals surface area contributed by atoms with Gasteiger partial charge in [0.25, 0.3) is 0 Å². The summed E-state index contributed by atoms with van der Waals surface area (Å²) in [5.41, 5.74) is 1.15. The van der Waals surface area contributed by atoms with Gasteiger partial charge < -0.3 is 9.64 Å². The van der Waals surface area contributed by atoms with Gasteiger partial charge in [-0.25, -0.2) is 4.79 Å². The topological polar surface area (TPSA) is 29.5 Å². The molecular formula is C13H17NO2. The fourth-order valence-corrected chi connectivity index (χ4v) is 2.10. The van der Waals surface area contributed by atoms with Crippen molar-refractivity contribution in [2.24, 2.45) is 5.92 Å². The molecule has 1 heterocycles. The van der Waals surface area contributed by atoms with Crippen LogP contribution in [0.2, 0.25) is 0 Å². The van der Waals surface area contributed by atoms with Crippen LogP contribution in [0, 0.1) is 5.92 Å². The molecule has 0 fully saturated rings. The van der Waals surface area contributed by atoms with Crippen molar-refractivity contribution in [2.75, 3.05) is 13.1 Å². The number of nitrogens with zero attached hydrogens (tertiary/aromatic N) is 1. The molecule has 2 unspecified atom stereocenters. The minimum atomic E-state index is -0.244. The van der Waals surface area contributed by atoms with Gasteiger partial charge in [0.15, 0.2) is 0 Å². The Labute approximate surface area is 96.1 Å². The van der Waals surface area contributed by atoms with E-state index in [4.69, 9.17) is 4.74 Å². The monoisotopic (exact) mass is 219 g/mol. The van der Waals surface area contributed by atoms with E-state index in [9.17, 15) is 4.79 Å². The Balaban J connectivity index is 2.18. The molecule has 3 nitrogen and oxygen atoms in total. The van der Waals surface area contributed by atoms with Gasteiger partial charge in [-0.2, -0.15) is 0 Å². The molecule has 0 aromatic carbocycles. The molecule has 0 radical (unpaired) electrons. The maximum absolute atomic E-state index is 11.2. The van der Waals surface area contributed by atoms with Crippen LogP contribution < -0.4 is 0 Å². The predicted octanol–water partition coefficient (Wildman–Crippen LogP) is 1.88. The zero-order valence-corrected chi connectivity index (χ0v) is 9.72. The first kappa shape index (κ1) is 11.0. The molecule has 2 aliphatic rings. The Morgan fingerprint density at radius 2 is 1.94 bits per heavy atom. The van der Waals surface area contributed by atoms with Crippen molar-refractivity contribution in [1.29, 1.82) is 0 Å². The van der Waals surface area contributed by atoms with E-state index in [1.54, 1.807) is 0 Å². The second-order valence-corrected chi connectivity index (χ2v) is 3.96. The predicted molar refractivity (Wildman–Crippen MR) is 62.7 cm³/mol. The highest BCUT2D eigenvalue weighted by atomic mass is 16.5. The zero-order valence-electron chi connectivity index (χ0n) is 9.72. The molecule has 2 atom stereocenters. The second kappa shape index (κ2) is 4.56. The quantitative estimate of drug-likeness (QED) is 0.679. The summed E-state index contributed by atoms with van der Waals surface area (Å²) in [7, 11) is 0. The minimum absolute atomic E-state index is 0.127. The van der Waals surface area contributed by atoms with Crippen molar-refractivity contribution in [3.05, 3.63) is 36.1 Å². The number of allylic oxidation sites excluding steroid dienone is 1. The van der Waals surface area contributed by atoms with Gasteiger partial charge in [-0.05, 0) is 26.0 Å². The number of carbonyl (C=O) groups excluding carboxylic acids is 1. The normalized spacial score (nSPS) is 27.1.